The summed E-state index contributed by atoms with van der Waals surface area (Å²) in [7, 11) is 1.99. The lowest BCUT2D eigenvalue weighted by molar-refractivity contribution is 0.566. The lowest BCUT2D eigenvalue weighted by Gasteiger charge is -2.24. The standard InChI is InChI=1S/C16H22BrN3/c1-6-18-15(16-13(17)9-19-20(16)5)14-11(3)7-10(2)8-12(14)4/h7-9,15,18H,6H2,1-5H3. The number of rotatable bonds is 4. The maximum Gasteiger partial charge on any atom is 0.0764 e. The molecular formula is C16H22BrN3. The van der Waals surface area contributed by atoms with E-state index >= 15 is 0 Å². The molecule has 0 aliphatic carbocycles. The Morgan fingerprint density at radius 3 is 2.30 bits per heavy atom. The summed E-state index contributed by atoms with van der Waals surface area (Å²) in [5, 5.41) is 7.94. The summed E-state index contributed by atoms with van der Waals surface area (Å²) >= 11 is 3.63. The monoisotopic (exact) mass is 335 g/mol. The molecule has 1 aromatic heterocycles. The minimum Gasteiger partial charge on any atom is -0.305 e. The second-order valence-electron chi connectivity index (χ2n) is 5.30. The molecule has 1 aromatic carbocycles. The predicted octanol–water partition coefficient (Wildman–Crippen LogP) is 3.81. The summed E-state index contributed by atoms with van der Waals surface area (Å²) < 4.78 is 2.99. The zero-order chi connectivity index (χ0) is 14.9. The van der Waals surface area contributed by atoms with E-state index in [2.05, 4.69) is 66.2 Å². The van der Waals surface area contributed by atoms with E-state index in [9.17, 15) is 0 Å². The van der Waals surface area contributed by atoms with Crippen LogP contribution in [-0.4, -0.2) is 16.3 Å². The molecule has 1 unspecified atom stereocenters. The molecule has 0 fully saturated rings. The summed E-state index contributed by atoms with van der Waals surface area (Å²) in [4.78, 5) is 0. The average molecular weight is 336 g/mol. The highest BCUT2D eigenvalue weighted by atomic mass is 79.9. The molecule has 0 amide bonds. The van der Waals surface area contributed by atoms with Crippen LogP contribution >= 0.6 is 15.9 Å². The Balaban J connectivity index is 2.61. The summed E-state index contributed by atoms with van der Waals surface area (Å²) in [5.41, 5.74) is 6.47. The Hall–Kier alpha value is -1.13. The van der Waals surface area contributed by atoms with Gasteiger partial charge >= 0.3 is 0 Å². The highest BCUT2D eigenvalue weighted by Crippen LogP contribution is 2.32. The average Bonchev–Trinajstić information content (AvgIpc) is 2.67. The van der Waals surface area contributed by atoms with Gasteiger partial charge in [0.15, 0.2) is 0 Å². The van der Waals surface area contributed by atoms with E-state index in [-0.39, 0.29) is 6.04 Å². The highest BCUT2D eigenvalue weighted by Gasteiger charge is 2.23. The van der Waals surface area contributed by atoms with Crippen molar-refractivity contribution in [3.63, 3.8) is 0 Å². The fourth-order valence-corrected chi connectivity index (χ4v) is 3.51. The van der Waals surface area contributed by atoms with Crippen LogP contribution in [0, 0.1) is 20.8 Å². The zero-order valence-electron chi connectivity index (χ0n) is 12.8. The van der Waals surface area contributed by atoms with E-state index in [0.29, 0.717) is 0 Å². The van der Waals surface area contributed by atoms with E-state index in [1.54, 1.807) is 0 Å². The van der Waals surface area contributed by atoms with Gasteiger partial charge in [-0.05, 0) is 59.9 Å². The van der Waals surface area contributed by atoms with Gasteiger partial charge < -0.3 is 5.32 Å². The number of benzene rings is 1. The first-order valence-corrected chi connectivity index (χ1v) is 7.73. The van der Waals surface area contributed by atoms with E-state index in [4.69, 9.17) is 0 Å². The van der Waals surface area contributed by atoms with E-state index < -0.39 is 0 Å². The molecule has 0 radical (unpaired) electrons. The van der Waals surface area contributed by atoms with Crippen LogP contribution in [0.25, 0.3) is 0 Å². The molecule has 0 saturated carbocycles. The van der Waals surface area contributed by atoms with Crippen LogP contribution in [0.1, 0.15) is 40.9 Å². The summed E-state index contributed by atoms with van der Waals surface area (Å²) in [6.07, 6.45) is 1.86. The second-order valence-corrected chi connectivity index (χ2v) is 6.16. The molecule has 2 rings (SSSR count). The van der Waals surface area contributed by atoms with Crippen molar-refractivity contribution in [1.82, 2.24) is 15.1 Å². The van der Waals surface area contributed by atoms with Gasteiger partial charge in [-0.3, -0.25) is 4.68 Å². The lowest BCUT2D eigenvalue weighted by atomic mass is 9.92. The van der Waals surface area contributed by atoms with E-state index in [0.717, 1.165) is 11.0 Å². The third-order valence-corrected chi connectivity index (χ3v) is 4.26. The first kappa shape index (κ1) is 15.3. The molecule has 1 atom stereocenters. The SMILES string of the molecule is CCNC(c1c(C)cc(C)cc1C)c1c(Br)cnn1C. The minimum absolute atomic E-state index is 0.155. The van der Waals surface area contributed by atoms with Crippen LogP contribution < -0.4 is 5.32 Å². The van der Waals surface area contributed by atoms with Crippen molar-refractivity contribution in [3.05, 3.63) is 50.8 Å². The molecule has 0 aliphatic rings. The maximum absolute atomic E-state index is 4.35. The Morgan fingerprint density at radius 2 is 1.85 bits per heavy atom. The number of hydrogen-bond donors (Lipinski definition) is 1. The second kappa shape index (κ2) is 6.10. The van der Waals surface area contributed by atoms with Crippen molar-refractivity contribution in [2.75, 3.05) is 6.54 Å². The number of nitrogens with one attached hydrogen (secondary N) is 1. The third kappa shape index (κ3) is 2.81. The summed E-state index contributed by atoms with van der Waals surface area (Å²) in [6, 6.07) is 4.65. The van der Waals surface area contributed by atoms with Crippen molar-refractivity contribution in [2.24, 2.45) is 7.05 Å². The highest BCUT2D eigenvalue weighted by molar-refractivity contribution is 9.10. The molecule has 0 bridgehead atoms. The van der Waals surface area contributed by atoms with Crippen molar-refractivity contribution >= 4 is 15.9 Å². The molecule has 20 heavy (non-hydrogen) atoms. The largest absolute Gasteiger partial charge is 0.305 e. The predicted molar refractivity (Wildman–Crippen MR) is 87.1 cm³/mol. The van der Waals surface area contributed by atoms with Gasteiger partial charge in [-0.25, -0.2) is 0 Å². The molecule has 4 heteroatoms. The van der Waals surface area contributed by atoms with Crippen molar-refractivity contribution in [2.45, 2.75) is 33.7 Å². The van der Waals surface area contributed by atoms with Gasteiger partial charge in [-0.2, -0.15) is 5.10 Å². The first-order valence-electron chi connectivity index (χ1n) is 6.94. The first-order chi connectivity index (χ1) is 9.45. The normalized spacial score (nSPS) is 12.7. The Labute approximate surface area is 129 Å². The Kier molecular flexibility index (Phi) is 4.66. The van der Waals surface area contributed by atoms with Gasteiger partial charge in [0.2, 0.25) is 0 Å². The van der Waals surface area contributed by atoms with Gasteiger partial charge in [-0.15, -0.1) is 0 Å². The fraction of sp³-hybridized carbons (Fsp3) is 0.438. The molecule has 0 spiro atoms. The summed E-state index contributed by atoms with van der Waals surface area (Å²) in [6.45, 7) is 9.56. The van der Waals surface area contributed by atoms with Crippen molar-refractivity contribution in [1.29, 1.82) is 0 Å². The van der Waals surface area contributed by atoms with Gasteiger partial charge in [0.25, 0.3) is 0 Å². The van der Waals surface area contributed by atoms with Gasteiger partial charge in [-0.1, -0.05) is 24.6 Å². The number of hydrogen-bond acceptors (Lipinski definition) is 2. The van der Waals surface area contributed by atoms with E-state index in [1.165, 1.54) is 27.9 Å². The zero-order valence-corrected chi connectivity index (χ0v) is 14.4. The number of aromatic nitrogens is 2. The number of nitrogens with zero attached hydrogens (tertiary/aromatic N) is 2. The van der Waals surface area contributed by atoms with Crippen molar-refractivity contribution < 1.29 is 0 Å². The van der Waals surface area contributed by atoms with Crippen molar-refractivity contribution in [3.8, 4) is 0 Å². The van der Waals surface area contributed by atoms with Crippen LogP contribution in [0.5, 0.6) is 0 Å². The molecule has 1 N–H and O–H groups in total. The molecular weight excluding hydrogens is 314 g/mol. The smallest absolute Gasteiger partial charge is 0.0764 e. The molecule has 2 aromatic rings. The topological polar surface area (TPSA) is 29.9 Å². The van der Waals surface area contributed by atoms with Crippen LogP contribution in [0.2, 0.25) is 0 Å². The lowest BCUT2D eigenvalue weighted by Crippen LogP contribution is -2.26. The van der Waals surface area contributed by atoms with Crippen LogP contribution in [0.4, 0.5) is 0 Å². The van der Waals surface area contributed by atoms with Gasteiger partial charge in [0.1, 0.15) is 0 Å². The molecule has 0 saturated heterocycles. The van der Waals surface area contributed by atoms with Crippen LogP contribution in [0.15, 0.2) is 22.8 Å². The van der Waals surface area contributed by atoms with Gasteiger partial charge in [0, 0.05) is 7.05 Å². The molecule has 1 heterocycles. The van der Waals surface area contributed by atoms with Gasteiger partial charge in [0.05, 0.1) is 22.4 Å². The quantitative estimate of drug-likeness (QED) is 0.920. The minimum atomic E-state index is 0.155. The van der Waals surface area contributed by atoms with E-state index in [1.807, 2.05) is 17.9 Å². The van der Waals surface area contributed by atoms with Crippen LogP contribution in [-0.2, 0) is 7.05 Å². The Morgan fingerprint density at radius 1 is 1.25 bits per heavy atom. The molecule has 3 nitrogen and oxygen atoms in total. The van der Waals surface area contributed by atoms with Crippen LogP contribution in [0.3, 0.4) is 0 Å². The maximum atomic E-state index is 4.35. The number of aryl methyl sites for hydroxylation is 4. The number of halogens is 1. The third-order valence-electron chi connectivity index (χ3n) is 3.65. The molecule has 0 aliphatic heterocycles. The fourth-order valence-electron chi connectivity index (χ4n) is 2.93. The summed E-state index contributed by atoms with van der Waals surface area (Å²) in [5.74, 6) is 0. The Bertz CT molecular complexity index is 574. The molecule has 108 valence electrons.